The first-order valence-corrected chi connectivity index (χ1v) is 10.8. The molecule has 0 amide bonds. The zero-order chi connectivity index (χ0) is 23.5. The maximum Gasteiger partial charge on any atom is 0.306 e. The van der Waals surface area contributed by atoms with Crippen molar-refractivity contribution in [2.75, 3.05) is 18.6 Å². The van der Waals surface area contributed by atoms with E-state index in [-0.39, 0.29) is 11.9 Å². The number of hydrogen-bond donors (Lipinski definition) is 2. The van der Waals surface area contributed by atoms with E-state index in [1.807, 2.05) is 48.5 Å². The molecule has 0 aliphatic heterocycles. The van der Waals surface area contributed by atoms with E-state index in [4.69, 9.17) is 20.9 Å². The highest BCUT2D eigenvalue weighted by Gasteiger charge is 2.09. The van der Waals surface area contributed by atoms with Gasteiger partial charge in [0.05, 0.1) is 7.11 Å². The molecule has 7 nitrogen and oxygen atoms in total. The number of carbonyl (C=O) groups is 1. The average molecular weight is 445 g/mol. The lowest BCUT2D eigenvalue weighted by Crippen LogP contribution is -2.04. The van der Waals surface area contributed by atoms with E-state index in [1.54, 1.807) is 13.3 Å². The molecule has 7 heteroatoms. The van der Waals surface area contributed by atoms with E-state index < -0.39 is 0 Å². The third-order valence-electron chi connectivity index (χ3n) is 4.99. The number of carbonyl (C=O) groups excluding carboxylic acids is 1. The molecule has 0 spiro atoms. The number of esters is 1. The highest BCUT2D eigenvalue weighted by molar-refractivity contribution is 5.69. The maximum atomic E-state index is 11.9. The van der Waals surface area contributed by atoms with Crippen LogP contribution in [0.25, 0.3) is 0 Å². The SMILES string of the molecule is COc1ccc(C#CCCCCC(=O)OCc2ccccc2)cc1Cc1cnc(N)nc1N. The van der Waals surface area contributed by atoms with Crippen molar-refractivity contribution >= 4 is 17.7 Å². The molecule has 33 heavy (non-hydrogen) atoms. The van der Waals surface area contributed by atoms with E-state index in [9.17, 15) is 4.79 Å². The predicted octanol–water partition coefficient (Wildman–Crippen LogP) is 3.90. The van der Waals surface area contributed by atoms with E-state index in [0.29, 0.717) is 31.7 Å². The van der Waals surface area contributed by atoms with Crippen LogP contribution in [0.2, 0.25) is 0 Å². The highest BCUT2D eigenvalue weighted by atomic mass is 16.5. The molecule has 0 bridgehead atoms. The summed E-state index contributed by atoms with van der Waals surface area (Å²) >= 11 is 0. The van der Waals surface area contributed by atoms with E-state index in [2.05, 4.69) is 21.8 Å². The van der Waals surface area contributed by atoms with Crippen LogP contribution in [-0.2, 0) is 22.6 Å². The van der Waals surface area contributed by atoms with Crippen molar-refractivity contribution in [3.8, 4) is 17.6 Å². The molecule has 0 aliphatic carbocycles. The minimum absolute atomic E-state index is 0.146. The quantitative estimate of drug-likeness (QED) is 0.292. The van der Waals surface area contributed by atoms with Gasteiger partial charge in [-0.25, -0.2) is 4.98 Å². The Morgan fingerprint density at radius 3 is 2.64 bits per heavy atom. The van der Waals surface area contributed by atoms with E-state index in [1.165, 1.54) is 0 Å². The number of nitrogens with zero attached hydrogens (tertiary/aromatic N) is 2. The number of unbranched alkanes of at least 4 members (excludes halogenated alkanes) is 2. The van der Waals surface area contributed by atoms with Gasteiger partial charge in [-0.3, -0.25) is 4.79 Å². The van der Waals surface area contributed by atoms with Crippen molar-refractivity contribution in [3.05, 3.63) is 77.0 Å². The molecule has 3 rings (SSSR count). The molecule has 0 atom stereocenters. The molecule has 0 saturated heterocycles. The Labute approximate surface area is 194 Å². The van der Waals surface area contributed by atoms with Gasteiger partial charge in [-0.1, -0.05) is 42.2 Å². The summed E-state index contributed by atoms with van der Waals surface area (Å²) in [5.41, 5.74) is 15.1. The molecule has 1 heterocycles. The summed E-state index contributed by atoms with van der Waals surface area (Å²) in [4.78, 5) is 19.9. The highest BCUT2D eigenvalue weighted by Crippen LogP contribution is 2.24. The molecule has 0 unspecified atom stereocenters. The average Bonchev–Trinajstić information content (AvgIpc) is 2.82. The molecule has 0 saturated carbocycles. The number of aromatic nitrogens is 2. The summed E-state index contributed by atoms with van der Waals surface area (Å²) in [5.74, 6) is 7.40. The molecule has 0 radical (unpaired) electrons. The van der Waals surface area contributed by atoms with Crippen molar-refractivity contribution < 1.29 is 14.3 Å². The normalized spacial score (nSPS) is 10.2. The van der Waals surface area contributed by atoms with Crippen LogP contribution < -0.4 is 16.2 Å². The summed E-state index contributed by atoms with van der Waals surface area (Å²) in [7, 11) is 1.62. The Kier molecular flexibility index (Phi) is 8.66. The Hall–Kier alpha value is -4.05. The summed E-state index contributed by atoms with van der Waals surface area (Å²) in [5, 5.41) is 0. The standard InChI is InChI=1S/C26H28N4O3/c1-32-23-14-13-19(15-21(23)16-22-17-29-26(28)30-25(22)27)9-5-2-3-8-12-24(31)33-18-20-10-6-4-7-11-20/h4,6-7,10-11,13-15,17H,2-3,8,12,16,18H2,1H3,(H4,27,28,29,30). The fraction of sp³-hybridized carbons (Fsp3) is 0.269. The Morgan fingerprint density at radius 2 is 1.88 bits per heavy atom. The number of anilines is 2. The first kappa shape index (κ1) is 23.6. The maximum absolute atomic E-state index is 11.9. The van der Waals surface area contributed by atoms with Crippen molar-refractivity contribution in [3.63, 3.8) is 0 Å². The second-order valence-corrected chi connectivity index (χ2v) is 7.50. The van der Waals surface area contributed by atoms with Crippen LogP contribution in [0.4, 0.5) is 11.8 Å². The van der Waals surface area contributed by atoms with Crippen molar-refractivity contribution in [2.24, 2.45) is 0 Å². The lowest BCUT2D eigenvalue weighted by Gasteiger charge is -2.10. The summed E-state index contributed by atoms with van der Waals surface area (Å²) in [6, 6.07) is 15.4. The Bertz CT molecular complexity index is 1140. The molecule has 1 aromatic heterocycles. The number of nitrogens with two attached hydrogens (primary N) is 2. The van der Waals surface area contributed by atoms with Gasteiger partial charge in [0.25, 0.3) is 0 Å². The van der Waals surface area contributed by atoms with Crippen molar-refractivity contribution in [2.45, 2.75) is 38.7 Å². The van der Waals surface area contributed by atoms with Crippen LogP contribution in [-0.4, -0.2) is 23.0 Å². The van der Waals surface area contributed by atoms with Gasteiger partial charge in [0.1, 0.15) is 18.2 Å². The first-order chi connectivity index (χ1) is 16.0. The summed E-state index contributed by atoms with van der Waals surface area (Å²) < 4.78 is 10.8. The fourth-order valence-corrected chi connectivity index (χ4v) is 3.23. The van der Waals surface area contributed by atoms with Gasteiger partial charge in [0, 0.05) is 36.6 Å². The van der Waals surface area contributed by atoms with Crippen LogP contribution in [0.15, 0.2) is 54.7 Å². The largest absolute Gasteiger partial charge is 0.496 e. The number of rotatable bonds is 9. The van der Waals surface area contributed by atoms with Gasteiger partial charge in [-0.2, -0.15) is 4.98 Å². The second-order valence-electron chi connectivity index (χ2n) is 7.50. The number of methoxy groups -OCH3 is 1. The fourth-order valence-electron chi connectivity index (χ4n) is 3.23. The van der Waals surface area contributed by atoms with Crippen molar-refractivity contribution in [1.82, 2.24) is 9.97 Å². The molecule has 4 N–H and O–H groups in total. The Balaban J connectivity index is 1.47. The van der Waals surface area contributed by atoms with Crippen LogP contribution in [0.3, 0.4) is 0 Å². The van der Waals surface area contributed by atoms with Gasteiger partial charge in [0.15, 0.2) is 0 Å². The van der Waals surface area contributed by atoms with Gasteiger partial charge in [-0.05, 0) is 42.2 Å². The lowest BCUT2D eigenvalue weighted by atomic mass is 10.0. The molecule has 3 aromatic rings. The van der Waals surface area contributed by atoms with Crippen LogP contribution in [0, 0.1) is 11.8 Å². The topological polar surface area (TPSA) is 113 Å². The zero-order valence-electron chi connectivity index (χ0n) is 18.7. The van der Waals surface area contributed by atoms with Crippen LogP contribution in [0.5, 0.6) is 5.75 Å². The van der Waals surface area contributed by atoms with E-state index >= 15 is 0 Å². The molecule has 2 aromatic carbocycles. The monoisotopic (exact) mass is 444 g/mol. The number of ether oxygens (including phenoxy) is 2. The molecule has 0 fully saturated rings. The van der Waals surface area contributed by atoms with E-state index in [0.717, 1.165) is 40.8 Å². The minimum atomic E-state index is -0.183. The second kappa shape index (κ2) is 12.1. The zero-order valence-corrected chi connectivity index (χ0v) is 18.7. The minimum Gasteiger partial charge on any atom is -0.496 e. The Morgan fingerprint density at radius 1 is 1.06 bits per heavy atom. The molecule has 0 aliphatic rings. The molecular weight excluding hydrogens is 416 g/mol. The smallest absolute Gasteiger partial charge is 0.306 e. The lowest BCUT2D eigenvalue weighted by molar-refractivity contribution is -0.145. The first-order valence-electron chi connectivity index (χ1n) is 10.8. The summed E-state index contributed by atoms with van der Waals surface area (Å²) in [6.07, 6.45) is 4.80. The van der Waals surface area contributed by atoms with Gasteiger partial charge >= 0.3 is 5.97 Å². The predicted molar refractivity (Wildman–Crippen MR) is 128 cm³/mol. The number of hydrogen-bond acceptors (Lipinski definition) is 7. The van der Waals surface area contributed by atoms with Crippen LogP contribution >= 0.6 is 0 Å². The molecule has 170 valence electrons. The van der Waals surface area contributed by atoms with Crippen molar-refractivity contribution in [1.29, 1.82) is 0 Å². The third-order valence-corrected chi connectivity index (χ3v) is 4.99. The van der Waals surface area contributed by atoms with Crippen LogP contribution in [0.1, 0.15) is 47.9 Å². The van der Waals surface area contributed by atoms with Gasteiger partial charge in [0.2, 0.25) is 5.95 Å². The number of benzene rings is 2. The summed E-state index contributed by atoms with van der Waals surface area (Å²) in [6.45, 7) is 0.313. The number of nitrogen functional groups attached to an aromatic ring is 2. The van der Waals surface area contributed by atoms with Gasteiger partial charge in [-0.15, -0.1) is 0 Å². The van der Waals surface area contributed by atoms with Gasteiger partial charge < -0.3 is 20.9 Å². The third kappa shape index (κ3) is 7.54. The molecular formula is C26H28N4O3.